The van der Waals surface area contributed by atoms with E-state index in [1.807, 2.05) is 18.2 Å². The van der Waals surface area contributed by atoms with Gasteiger partial charge in [0.25, 0.3) is 0 Å². The zero-order valence-corrected chi connectivity index (χ0v) is 10.4. The van der Waals surface area contributed by atoms with Crippen LogP contribution in [0.2, 0.25) is 0 Å². The first-order valence-corrected chi connectivity index (χ1v) is 6.07. The summed E-state index contributed by atoms with van der Waals surface area (Å²) in [6, 6.07) is 16.6. The summed E-state index contributed by atoms with van der Waals surface area (Å²) in [5.74, 6) is 0. The van der Waals surface area contributed by atoms with Gasteiger partial charge < -0.3 is 0 Å². The molecule has 0 aromatic heterocycles. The lowest BCUT2D eigenvalue weighted by Crippen LogP contribution is -2.07. The van der Waals surface area contributed by atoms with Crippen LogP contribution in [0.5, 0.6) is 0 Å². The molecule has 0 saturated carbocycles. The van der Waals surface area contributed by atoms with Crippen LogP contribution in [-0.4, -0.2) is 11.9 Å². The van der Waals surface area contributed by atoms with Gasteiger partial charge in [-0.1, -0.05) is 24.3 Å². The molecule has 0 radical (unpaired) electrons. The largest absolute Gasteiger partial charge is 0.298 e. The van der Waals surface area contributed by atoms with Crippen molar-refractivity contribution in [2.45, 2.75) is 13.1 Å². The molecule has 0 atom stereocenters. The van der Waals surface area contributed by atoms with Crippen molar-refractivity contribution >= 4 is 0 Å². The summed E-state index contributed by atoms with van der Waals surface area (Å²) in [5.41, 5.74) is 5.84. The van der Waals surface area contributed by atoms with Crippen molar-refractivity contribution in [3.05, 3.63) is 59.2 Å². The molecule has 0 N–H and O–H groups in total. The number of benzene rings is 2. The van der Waals surface area contributed by atoms with E-state index in [2.05, 4.69) is 42.3 Å². The van der Waals surface area contributed by atoms with Crippen LogP contribution >= 0.6 is 0 Å². The van der Waals surface area contributed by atoms with Crippen LogP contribution in [0.25, 0.3) is 11.1 Å². The summed E-state index contributed by atoms with van der Waals surface area (Å²) in [7, 11) is 2.13. The molecule has 0 amide bonds. The Morgan fingerprint density at radius 2 is 1.78 bits per heavy atom. The molecule has 88 valence electrons. The summed E-state index contributed by atoms with van der Waals surface area (Å²) in [6.45, 7) is 2.05. The molecule has 0 spiro atoms. The van der Waals surface area contributed by atoms with Crippen LogP contribution in [0.15, 0.2) is 42.5 Å². The molecule has 0 unspecified atom stereocenters. The van der Waals surface area contributed by atoms with Crippen LogP contribution in [0, 0.1) is 11.3 Å². The van der Waals surface area contributed by atoms with Gasteiger partial charge in [0.15, 0.2) is 0 Å². The minimum atomic E-state index is 0.713. The van der Waals surface area contributed by atoms with E-state index in [-0.39, 0.29) is 0 Å². The van der Waals surface area contributed by atoms with Crippen molar-refractivity contribution in [1.82, 2.24) is 4.90 Å². The number of nitrogens with zero attached hydrogens (tertiary/aromatic N) is 2. The van der Waals surface area contributed by atoms with E-state index in [0.717, 1.165) is 18.7 Å². The molecule has 1 heterocycles. The zero-order valence-electron chi connectivity index (χ0n) is 10.4. The van der Waals surface area contributed by atoms with E-state index in [4.69, 9.17) is 5.26 Å². The third kappa shape index (κ3) is 1.90. The topological polar surface area (TPSA) is 27.0 Å². The number of fused-ring (bicyclic) bond motifs is 1. The summed E-state index contributed by atoms with van der Waals surface area (Å²) in [4.78, 5) is 2.31. The lowest BCUT2D eigenvalue weighted by Gasteiger charge is -2.05. The Morgan fingerprint density at radius 1 is 1.00 bits per heavy atom. The highest BCUT2D eigenvalue weighted by molar-refractivity contribution is 5.66. The second-order valence-corrected chi connectivity index (χ2v) is 4.85. The molecule has 18 heavy (non-hydrogen) atoms. The van der Waals surface area contributed by atoms with Gasteiger partial charge in [0.1, 0.15) is 0 Å². The first kappa shape index (κ1) is 11.0. The molecule has 0 saturated heterocycles. The van der Waals surface area contributed by atoms with Gasteiger partial charge in [0.05, 0.1) is 11.6 Å². The highest BCUT2D eigenvalue weighted by atomic mass is 15.1. The zero-order chi connectivity index (χ0) is 12.5. The van der Waals surface area contributed by atoms with Crippen molar-refractivity contribution < 1.29 is 0 Å². The number of hydrogen-bond acceptors (Lipinski definition) is 2. The van der Waals surface area contributed by atoms with Gasteiger partial charge in [-0.25, -0.2) is 0 Å². The van der Waals surface area contributed by atoms with Gasteiger partial charge in [0.2, 0.25) is 0 Å². The van der Waals surface area contributed by atoms with E-state index >= 15 is 0 Å². The van der Waals surface area contributed by atoms with E-state index in [1.165, 1.54) is 16.7 Å². The summed E-state index contributed by atoms with van der Waals surface area (Å²) >= 11 is 0. The monoisotopic (exact) mass is 234 g/mol. The quantitative estimate of drug-likeness (QED) is 0.757. The van der Waals surface area contributed by atoms with Gasteiger partial charge in [-0.05, 0) is 47.5 Å². The minimum Gasteiger partial charge on any atom is -0.298 e. The van der Waals surface area contributed by atoms with Crippen LogP contribution in [-0.2, 0) is 13.1 Å². The van der Waals surface area contributed by atoms with Crippen molar-refractivity contribution in [2.24, 2.45) is 0 Å². The lowest BCUT2D eigenvalue weighted by molar-refractivity contribution is 0.353. The third-order valence-corrected chi connectivity index (χ3v) is 3.41. The molecule has 2 heteroatoms. The van der Waals surface area contributed by atoms with Gasteiger partial charge in [0, 0.05) is 13.1 Å². The Morgan fingerprint density at radius 3 is 2.61 bits per heavy atom. The number of rotatable bonds is 1. The molecule has 2 nitrogen and oxygen atoms in total. The molecular formula is C16H14N2. The fourth-order valence-electron chi connectivity index (χ4n) is 2.51. The molecule has 3 rings (SSSR count). The SMILES string of the molecule is CN1Cc2ccc(-c3cccc(C#N)c3)cc2C1. The number of hydrogen-bond donors (Lipinski definition) is 0. The van der Waals surface area contributed by atoms with Gasteiger partial charge in [-0.2, -0.15) is 5.26 Å². The molecule has 0 bridgehead atoms. The standard InChI is InChI=1S/C16H14N2/c1-18-10-15-6-5-14(8-16(15)11-18)13-4-2-3-12(7-13)9-17/h2-8H,10-11H2,1H3. The van der Waals surface area contributed by atoms with E-state index < -0.39 is 0 Å². The molecular weight excluding hydrogens is 220 g/mol. The van der Waals surface area contributed by atoms with Crippen LogP contribution < -0.4 is 0 Å². The van der Waals surface area contributed by atoms with E-state index in [9.17, 15) is 0 Å². The molecule has 0 fully saturated rings. The first-order valence-electron chi connectivity index (χ1n) is 6.07. The summed E-state index contributed by atoms with van der Waals surface area (Å²) in [5, 5.41) is 8.94. The maximum atomic E-state index is 8.94. The first-order chi connectivity index (χ1) is 8.76. The Bertz CT molecular complexity index is 638. The molecule has 2 aromatic rings. The van der Waals surface area contributed by atoms with E-state index in [0.29, 0.717) is 5.56 Å². The smallest absolute Gasteiger partial charge is 0.0991 e. The Balaban J connectivity index is 2.03. The fraction of sp³-hybridized carbons (Fsp3) is 0.188. The predicted molar refractivity (Wildman–Crippen MR) is 71.8 cm³/mol. The molecule has 2 aromatic carbocycles. The maximum Gasteiger partial charge on any atom is 0.0991 e. The maximum absolute atomic E-state index is 8.94. The van der Waals surface area contributed by atoms with Gasteiger partial charge in [-0.3, -0.25) is 4.90 Å². The number of nitriles is 1. The second kappa shape index (κ2) is 4.29. The van der Waals surface area contributed by atoms with Crippen molar-refractivity contribution in [3.63, 3.8) is 0 Å². The minimum absolute atomic E-state index is 0.713. The average molecular weight is 234 g/mol. The Labute approximate surface area is 107 Å². The molecule has 0 aliphatic carbocycles. The van der Waals surface area contributed by atoms with Crippen LogP contribution in [0.3, 0.4) is 0 Å². The van der Waals surface area contributed by atoms with E-state index in [1.54, 1.807) is 0 Å². The summed E-state index contributed by atoms with van der Waals surface area (Å²) < 4.78 is 0. The highest BCUT2D eigenvalue weighted by Gasteiger charge is 2.15. The van der Waals surface area contributed by atoms with Crippen molar-refractivity contribution in [1.29, 1.82) is 5.26 Å². The molecule has 1 aliphatic rings. The fourth-order valence-corrected chi connectivity index (χ4v) is 2.51. The third-order valence-electron chi connectivity index (χ3n) is 3.41. The Hall–Kier alpha value is -2.11. The van der Waals surface area contributed by atoms with Gasteiger partial charge in [-0.15, -0.1) is 0 Å². The molecule has 1 aliphatic heterocycles. The normalized spacial score (nSPS) is 14.2. The van der Waals surface area contributed by atoms with Crippen LogP contribution in [0.4, 0.5) is 0 Å². The van der Waals surface area contributed by atoms with Crippen molar-refractivity contribution in [3.8, 4) is 17.2 Å². The van der Waals surface area contributed by atoms with Crippen molar-refractivity contribution in [2.75, 3.05) is 7.05 Å². The predicted octanol–water partition coefficient (Wildman–Crippen LogP) is 3.17. The van der Waals surface area contributed by atoms with Crippen LogP contribution in [0.1, 0.15) is 16.7 Å². The second-order valence-electron chi connectivity index (χ2n) is 4.85. The summed E-state index contributed by atoms with van der Waals surface area (Å²) in [6.07, 6.45) is 0. The highest BCUT2D eigenvalue weighted by Crippen LogP contribution is 2.28. The average Bonchev–Trinajstić information content (AvgIpc) is 2.77. The lowest BCUT2D eigenvalue weighted by atomic mass is 9.99. The van der Waals surface area contributed by atoms with Gasteiger partial charge >= 0.3 is 0 Å². The Kier molecular flexibility index (Phi) is 2.62.